The van der Waals surface area contributed by atoms with Crippen LogP contribution < -0.4 is 4.74 Å². The van der Waals surface area contributed by atoms with Gasteiger partial charge >= 0.3 is 5.97 Å². The zero-order valence-electron chi connectivity index (χ0n) is 16.6. The molecule has 1 saturated heterocycles. The average molecular weight is 450 g/mol. The Bertz CT molecular complexity index is 1010. The number of rotatable bonds is 7. The first-order valence-corrected chi connectivity index (χ1v) is 10.4. The number of benzene rings is 1. The van der Waals surface area contributed by atoms with Gasteiger partial charge in [-0.05, 0) is 61.0 Å². The van der Waals surface area contributed by atoms with Gasteiger partial charge in [-0.3, -0.25) is 14.5 Å². The Morgan fingerprint density at radius 2 is 2.07 bits per heavy atom. The van der Waals surface area contributed by atoms with Crippen LogP contribution in [0.15, 0.2) is 39.7 Å². The van der Waals surface area contributed by atoms with Gasteiger partial charge in [0.2, 0.25) is 5.76 Å². The predicted molar refractivity (Wildman–Crippen MR) is 113 cm³/mol. The normalized spacial score (nSPS) is 16.3. The van der Waals surface area contributed by atoms with Crippen molar-refractivity contribution in [3.05, 3.63) is 57.3 Å². The number of carbonyl (C=O) groups excluding carboxylic acids is 3. The predicted octanol–water partition coefficient (Wildman–Crippen LogP) is 5.13. The Morgan fingerprint density at radius 3 is 2.73 bits per heavy atom. The Morgan fingerprint density at radius 1 is 1.30 bits per heavy atom. The van der Waals surface area contributed by atoms with Gasteiger partial charge in [0.15, 0.2) is 0 Å². The molecule has 1 fully saturated rings. The van der Waals surface area contributed by atoms with E-state index in [1.807, 2.05) is 13.8 Å². The number of carbonyl (C=O) groups is 3. The van der Waals surface area contributed by atoms with Crippen molar-refractivity contribution in [2.24, 2.45) is 0 Å². The number of methoxy groups -OCH3 is 1. The number of furan rings is 1. The van der Waals surface area contributed by atoms with Crippen molar-refractivity contribution in [3.63, 3.8) is 0 Å². The van der Waals surface area contributed by atoms with Gasteiger partial charge in [-0.2, -0.15) is 0 Å². The molecule has 1 atom stereocenters. The Hall–Kier alpha value is -2.71. The molecule has 2 heterocycles. The van der Waals surface area contributed by atoms with Crippen LogP contribution in [0, 0.1) is 0 Å². The summed E-state index contributed by atoms with van der Waals surface area (Å²) in [6, 6.07) is 8.15. The number of thioether (sulfide) groups is 1. The van der Waals surface area contributed by atoms with Crippen LogP contribution in [0.5, 0.6) is 5.75 Å². The average Bonchev–Trinajstić information content (AvgIpc) is 3.30. The molecule has 2 amide bonds. The van der Waals surface area contributed by atoms with Crippen LogP contribution in [0.2, 0.25) is 5.02 Å². The van der Waals surface area contributed by atoms with Gasteiger partial charge in [0.05, 0.1) is 29.7 Å². The van der Waals surface area contributed by atoms with Crippen molar-refractivity contribution in [2.75, 3.05) is 7.11 Å². The first-order valence-electron chi connectivity index (χ1n) is 9.21. The molecule has 2 aromatic rings. The summed E-state index contributed by atoms with van der Waals surface area (Å²) in [4.78, 5) is 37.8. The quantitative estimate of drug-likeness (QED) is 0.427. The number of esters is 1. The van der Waals surface area contributed by atoms with Gasteiger partial charge in [-0.15, -0.1) is 0 Å². The number of hydrogen-bond donors (Lipinski definition) is 0. The number of nitrogens with zero attached hydrogens (tertiary/aromatic N) is 1. The summed E-state index contributed by atoms with van der Waals surface area (Å²) in [7, 11) is 1.24. The second kappa shape index (κ2) is 9.40. The van der Waals surface area contributed by atoms with E-state index in [0.29, 0.717) is 22.1 Å². The fourth-order valence-corrected chi connectivity index (χ4v) is 3.69. The Balaban J connectivity index is 1.74. The molecule has 0 aliphatic carbocycles. The van der Waals surface area contributed by atoms with Gasteiger partial charge in [-0.1, -0.05) is 24.6 Å². The van der Waals surface area contributed by atoms with E-state index >= 15 is 0 Å². The molecule has 0 spiro atoms. The van der Waals surface area contributed by atoms with Crippen molar-refractivity contribution in [1.29, 1.82) is 0 Å². The lowest BCUT2D eigenvalue weighted by atomic mass is 10.2. The van der Waals surface area contributed by atoms with Crippen LogP contribution in [0.4, 0.5) is 4.79 Å². The molecule has 0 radical (unpaired) electrons. The van der Waals surface area contributed by atoms with Gasteiger partial charge in [0.25, 0.3) is 11.1 Å². The second-order valence-corrected chi connectivity index (χ2v) is 7.95. The van der Waals surface area contributed by atoms with E-state index in [0.717, 1.165) is 23.1 Å². The summed E-state index contributed by atoms with van der Waals surface area (Å²) in [6.45, 7) is 3.89. The molecule has 0 bridgehead atoms. The van der Waals surface area contributed by atoms with Crippen molar-refractivity contribution in [1.82, 2.24) is 4.90 Å². The monoisotopic (exact) mass is 449 g/mol. The van der Waals surface area contributed by atoms with Gasteiger partial charge < -0.3 is 13.9 Å². The molecular weight excluding hydrogens is 430 g/mol. The van der Waals surface area contributed by atoms with E-state index in [1.165, 1.54) is 19.2 Å². The lowest BCUT2D eigenvalue weighted by Crippen LogP contribution is -2.27. The third kappa shape index (κ3) is 4.88. The highest BCUT2D eigenvalue weighted by Crippen LogP contribution is 2.35. The summed E-state index contributed by atoms with van der Waals surface area (Å²) < 4.78 is 15.7. The molecule has 30 heavy (non-hydrogen) atoms. The van der Waals surface area contributed by atoms with Crippen molar-refractivity contribution < 1.29 is 28.3 Å². The number of halogens is 1. The van der Waals surface area contributed by atoms with Crippen LogP contribution in [0.1, 0.15) is 42.1 Å². The molecule has 1 aliphatic rings. The topological polar surface area (TPSA) is 86.1 Å². The molecular formula is C21H20ClNO6S. The minimum absolute atomic E-state index is 0.00403. The summed E-state index contributed by atoms with van der Waals surface area (Å²) in [5.41, 5.74) is 0.674. The van der Waals surface area contributed by atoms with Crippen molar-refractivity contribution in [3.8, 4) is 5.75 Å². The Kier molecular flexibility index (Phi) is 6.89. The maximum Gasteiger partial charge on any atom is 0.373 e. The maximum atomic E-state index is 12.7. The van der Waals surface area contributed by atoms with Crippen molar-refractivity contribution >= 4 is 46.6 Å². The number of imide groups is 1. The molecule has 1 aromatic heterocycles. The zero-order chi connectivity index (χ0) is 21.8. The van der Waals surface area contributed by atoms with Gasteiger partial charge in [0, 0.05) is 0 Å². The molecule has 3 rings (SSSR count). The molecule has 7 nitrogen and oxygen atoms in total. The SMILES string of the molecule is CC[C@H](C)Oc1ccc(/C=C2/SC(=O)N(Cc3ccc(C(=O)OC)o3)C2=O)cc1Cl. The molecule has 1 aromatic carbocycles. The number of hydrogen-bond acceptors (Lipinski definition) is 7. The number of ether oxygens (including phenoxy) is 2. The van der Waals surface area contributed by atoms with Crippen LogP contribution in [-0.4, -0.2) is 35.2 Å². The van der Waals surface area contributed by atoms with Crippen LogP contribution in [0.3, 0.4) is 0 Å². The minimum Gasteiger partial charge on any atom is -0.489 e. The molecule has 0 N–H and O–H groups in total. The van der Waals surface area contributed by atoms with E-state index in [9.17, 15) is 14.4 Å². The van der Waals surface area contributed by atoms with Crippen molar-refractivity contribution in [2.45, 2.75) is 32.9 Å². The van der Waals surface area contributed by atoms with Crippen LogP contribution in [0.25, 0.3) is 6.08 Å². The van der Waals surface area contributed by atoms with E-state index in [1.54, 1.807) is 24.3 Å². The first-order chi connectivity index (χ1) is 14.3. The summed E-state index contributed by atoms with van der Waals surface area (Å²) in [6.07, 6.45) is 2.49. The molecule has 1 aliphatic heterocycles. The highest BCUT2D eigenvalue weighted by Gasteiger charge is 2.35. The lowest BCUT2D eigenvalue weighted by Gasteiger charge is -2.14. The highest BCUT2D eigenvalue weighted by molar-refractivity contribution is 8.18. The second-order valence-electron chi connectivity index (χ2n) is 6.55. The van der Waals surface area contributed by atoms with Crippen LogP contribution in [-0.2, 0) is 16.1 Å². The Labute approximate surface area is 182 Å². The largest absolute Gasteiger partial charge is 0.489 e. The van der Waals surface area contributed by atoms with E-state index in [2.05, 4.69) is 4.74 Å². The number of amides is 2. The summed E-state index contributed by atoms with van der Waals surface area (Å²) in [5.74, 6) is -0.210. The summed E-state index contributed by atoms with van der Waals surface area (Å²) in [5, 5.41) is -0.000655. The third-order valence-corrected chi connectivity index (χ3v) is 5.60. The molecule has 9 heteroatoms. The van der Waals surface area contributed by atoms with E-state index < -0.39 is 17.1 Å². The zero-order valence-corrected chi connectivity index (χ0v) is 18.2. The smallest absolute Gasteiger partial charge is 0.373 e. The minimum atomic E-state index is -0.632. The van der Waals surface area contributed by atoms with E-state index in [4.69, 9.17) is 20.8 Å². The molecule has 0 saturated carbocycles. The fourth-order valence-electron chi connectivity index (χ4n) is 2.62. The van der Waals surface area contributed by atoms with Gasteiger partial charge in [-0.25, -0.2) is 4.79 Å². The summed E-state index contributed by atoms with van der Waals surface area (Å²) >= 11 is 7.11. The maximum absolute atomic E-state index is 12.7. The third-order valence-electron chi connectivity index (χ3n) is 4.39. The highest BCUT2D eigenvalue weighted by atomic mass is 35.5. The standard InChI is InChI=1S/C21H20ClNO6S/c1-4-12(2)28-16-7-5-13(9-15(16)22)10-18-19(24)23(21(26)30-18)11-14-6-8-17(29-14)20(25)27-3/h5-10,12H,4,11H2,1-3H3/b18-10+/t12-/m0/s1. The van der Waals surface area contributed by atoms with Crippen LogP contribution >= 0.6 is 23.4 Å². The molecule has 0 unspecified atom stereocenters. The lowest BCUT2D eigenvalue weighted by molar-refractivity contribution is -0.123. The van der Waals surface area contributed by atoms with Gasteiger partial charge in [0.1, 0.15) is 11.5 Å². The molecule has 158 valence electrons. The van der Waals surface area contributed by atoms with E-state index in [-0.39, 0.29) is 23.3 Å². The first kappa shape index (κ1) is 22.0. The fraction of sp³-hybridized carbons (Fsp3) is 0.286.